The van der Waals surface area contributed by atoms with E-state index < -0.39 is 17.7 Å². The van der Waals surface area contributed by atoms with Gasteiger partial charge in [0.05, 0.1) is 5.69 Å². The van der Waals surface area contributed by atoms with Crippen molar-refractivity contribution in [2.45, 2.75) is 19.8 Å². The molecule has 0 unspecified atom stereocenters. The summed E-state index contributed by atoms with van der Waals surface area (Å²) in [4.78, 5) is 22.7. The van der Waals surface area contributed by atoms with E-state index in [9.17, 15) is 13.6 Å². The third-order valence-electron chi connectivity index (χ3n) is 4.96. The van der Waals surface area contributed by atoms with Crippen LogP contribution in [0.5, 0.6) is 11.6 Å². The highest BCUT2D eigenvalue weighted by molar-refractivity contribution is 5.65. The summed E-state index contributed by atoms with van der Waals surface area (Å²) in [6.45, 7) is 4.37. The molecule has 3 rings (SSSR count). The maximum Gasteiger partial charge on any atom is 0.407 e. The summed E-state index contributed by atoms with van der Waals surface area (Å²) >= 11 is 0. The monoisotopic (exact) mass is 407 g/mol. The lowest BCUT2D eigenvalue weighted by Gasteiger charge is -2.33. The van der Waals surface area contributed by atoms with Gasteiger partial charge in [0.1, 0.15) is 18.0 Å². The second-order valence-electron chi connectivity index (χ2n) is 6.87. The van der Waals surface area contributed by atoms with Crippen LogP contribution < -0.4 is 15.4 Å². The molecule has 2 heterocycles. The summed E-state index contributed by atoms with van der Waals surface area (Å²) < 4.78 is 33.0. The number of nitrogens with zero attached hydrogens (tertiary/aromatic N) is 4. The number of benzene rings is 1. The molecule has 1 aliphatic heterocycles. The normalized spacial score (nSPS) is 14.7. The Morgan fingerprint density at radius 2 is 2.00 bits per heavy atom. The van der Waals surface area contributed by atoms with Gasteiger partial charge in [0, 0.05) is 44.4 Å². The predicted octanol–water partition coefficient (Wildman–Crippen LogP) is 3.35. The van der Waals surface area contributed by atoms with E-state index >= 15 is 0 Å². The third kappa shape index (κ3) is 5.01. The van der Waals surface area contributed by atoms with Gasteiger partial charge < -0.3 is 25.4 Å². The number of likely N-dealkylation sites (tertiary alicyclic amines) is 1. The van der Waals surface area contributed by atoms with Gasteiger partial charge in [-0.1, -0.05) is 0 Å². The van der Waals surface area contributed by atoms with E-state index in [1.54, 1.807) is 6.07 Å². The van der Waals surface area contributed by atoms with Crippen molar-refractivity contribution < 1.29 is 23.4 Å². The number of aromatic nitrogens is 2. The van der Waals surface area contributed by atoms with Crippen LogP contribution in [0.1, 0.15) is 19.8 Å². The van der Waals surface area contributed by atoms with Crippen molar-refractivity contribution in [2.24, 2.45) is 5.92 Å². The molecular formula is C19H23F2N5O3. The van der Waals surface area contributed by atoms with Crippen LogP contribution in [0.3, 0.4) is 0 Å². The average molecular weight is 407 g/mol. The first kappa shape index (κ1) is 20.6. The molecule has 1 amide bonds. The zero-order valence-corrected chi connectivity index (χ0v) is 16.0. The van der Waals surface area contributed by atoms with Crippen molar-refractivity contribution in [1.82, 2.24) is 14.9 Å². The SMILES string of the molecule is CCN(CC1CCN(C(=O)O)CC1)c1cc(Oc2cc(F)c(N)cc2F)ncn1. The quantitative estimate of drug-likeness (QED) is 0.708. The maximum absolute atomic E-state index is 14.0. The Kier molecular flexibility index (Phi) is 6.30. The molecule has 0 atom stereocenters. The molecule has 1 aromatic heterocycles. The van der Waals surface area contributed by atoms with E-state index in [0.29, 0.717) is 37.9 Å². The number of anilines is 2. The van der Waals surface area contributed by atoms with Crippen molar-refractivity contribution in [3.63, 3.8) is 0 Å². The first-order valence-corrected chi connectivity index (χ1v) is 9.34. The Morgan fingerprint density at radius 3 is 2.66 bits per heavy atom. The van der Waals surface area contributed by atoms with Crippen LogP contribution in [0, 0.1) is 17.6 Å². The molecule has 0 aliphatic carbocycles. The Bertz CT molecular complexity index is 875. The summed E-state index contributed by atoms with van der Waals surface area (Å²) in [5.41, 5.74) is 5.04. The lowest BCUT2D eigenvalue weighted by atomic mass is 9.96. The molecule has 8 nitrogen and oxygen atoms in total. The zero-order chi connectivity index (χ0) is 21.0. The van der Waals surface area contributed by atoms with E-state index in [0.717, 1.165) is 25.0 Å². The minimum Gasteiger partial charge on any atom is -0.465 e. The highest BCUT2D eigenvalue weighted by Crippen LogP contribution is 2.28. The molecule has 2 aromatic rings. The van der Waals surface area contributed by atoms with Gasteiger partial charge in [-0.2, -0.15) is 0 Å². The zero-order valence-electron chi connectivity index (χ0n) is 16.0. The van der Waals surface area contributed by atoms with E-state index in [4.69, 9.17) is 15.6 Å². The number of hydrogen-bond acceptors (Lipinski definition) is 6. The molecule has 1 saturated heterocycles. The Morgan fingerprint density at radius 1 is 1.28 bits per heavy atom. The number of ether oxygens (including phenoxy) is 1. The number of halogens is 2. The van der Waals surface area contributed by atoms with Crippen LogP contribution in [0.25, 0.3) is 0 Å². The molecule has 3 N–H and O–H groups in total. The van der Waals surface area contributed by atoms with E-state index in [1.807, 2.05) is 11.8 Å². The van der Waals surface area contributed by atoms with Crippen LogP contribution in [-0.4, -0.2) is 52.2 Å². The topological polar surface area (TPSA) is 105 Å². The number of piperidine rings is 1. The summed E-state index contributed by atoms with van der Waals surface area (Å²) in [5, 5.41) is 9.06. The van der Waals surface area contributed by atoms with Gasteiger partial charge in [-0.05, 0) is 25.7 Å². The maximum atomic E-state index is 14.0. The minimum atomic E-state index is -0.889. The van der Waals surface area contributed by atoms with Gasteiger partial charge >= 0.3 is 6.09 Å². The van der Waals surface area contributed by atoms with E-state index in [-0.39, 0.29) is 17.3 Å². The van der Waals surface area contributed by atoms with Crippen LogP contribution in [0.2, 0.25) is 0 Å². The number of nitrogen functional groups attached to an aromatic ring is 1. The minimum absolute atomic E-state index is 0.0808. The van der Waals surface area contributed by atoms with Crippen molar-refractivity contribution in [3.8, 4) is 11.6 Å². The Balaban J connectivity index is 1.69. The van der Waals surface area contributed by atoms with Gasteiger partial charge in [-0.3, -0.25) is 0 Å². The number of carboxylic acid groups (broad SMARTS) is 1. The lowest BCUT2D eigenvalue weighted by molar-refractivity contribution is 0.125. The first-order chi connectivity index (χ1) is 13.9. The van der Waals surface area contributed by atoms with Gasteiger partial charge in [0.25, 0.3) is 0 Å². The number of rotatable bonds is 6. The van der Waals surface area contributed by atoms with E-state index in [2.05, 4.69) is 9.97 Å². The molecule has 1 aliphatic rings. The summed E-state index contributed by atoms with van der Waals surface area (Å²) in [6.07, 6.45) is 1.95. The molecule has 29 heavy (non-hydrogen) atoms. The molecular weight excluding hydrogens is 384 g/mol. The highest BCUT2D eigenvalue weighted by atomic mass is 19.1. The van der Waals surface area contributed by atoms with Crippen LogP contribution in [0.4, 0.5) is 25.1 Å². The van der Waals surface area contributed by atoms with Crippen LogP contribution in [-0.2, 0) is 0 Å². The average Bonchev–Trinajstić information content (AvgIpc) is 2.71. The number of hydrogen-bond donors (Lipinski definition) is 2. The predicted molar refractivity (Wildman–Crippen MR) is 103 cm³/mol. The summed E-state index contributed by atoms with van der Waals surface area (Å²) in [7, 11) is 0. The fourth-order valence-electron chi connectivity index (χ4n) is 3.30. The lowest BCUT2D eigenvalue weighted by Crippen LogP contribution is -2.41. The standard InChI is InChI=1S/C19H23F2N5O3/c1-2-25(10-12-3-5-26(6-4-12)19(27)28)17-9-18(24-11-23-17)29-16-8-13(20)15(22)7-14(16)21/h7-9,11-12H,2-6,10,22H2,1H3,(H,27,28). The second kappa shape index (κ2) is 8.89. The summed E-state index contributed by atoms with van der Waals surface area (Å²) in [5.74, 6) is -0.883. The second-order valence-corrected chi connectivity index (χ2v) is 6.87. The molecule has 0 spiro atoms. The summed E-state index contributed by atoms with van der Waals surface area (Å²) in [6, 6.07) is 3.29. The van der Waals surface area contributed by atoms with Gasteiger partial charge in [0.2, 0.25) is 5.88 Å². The Labute approximate surface area is 166 Å². The molecule has 1 fully saturated rings. The first-order valence-electron chi connectivity index (χ1n) is 9.34. The number of nitrogens with two attached hydrogens (primary N) is 1. The molecule has 1 aromatic carbocycles. The number of carbonyl (C=O) groups is 1. The Hall–Kier alpha value is -3.17. The highest BCUT2D eigenvalue weighted by Gasteiger charge is 2.24. The largest absolute Gasteiger partial charge is 0.465 e. The van der Waals surface area contributed by atoms with Crippen molar-refractivity contribution in [1.29, 1.82) is 0 Å². The smallest absolute Gasteiger partial charge is 0.407 e. The van der Waals surface area contributed by atoms with Crippen molar-refractivity contribution in [3.05, 3.63) is 36.2 Å². The van der Waals surface area contributed by atoms with Crippen LogP contribution in [0.15, 0.2) is 24.5 Å². The fraction of sp³-hybridized carbons (Fsp3) is 0.421. The molecule has 0 bridgehead atoms. The molecule has 156 valence electrons. The molecule has 0 saturated carbocycles. The number of amides is 1. The fourth-order valence-corrected chi connectivity index (χ4v) is 3.30. The van der Waals surface area contributed by atoms with Gasteiger partial charge in [-0.15, -0.1) is 0 Å². The third-order valence-corrected chi connectivity index (χ3v) is 4.96. The van der Waals surface area contributed by atoms with E-state index in [1.165, 1.54) is 11.2 Å². The molecule has 0 radical (unpaired) electrons. The van der Waals surface area contributed by atoms with Crippen molar-refractivity contribution in [2.75, 3.05) is 36.8 Å². The molecule has 10 heteroatoms. The van der Waals surface area contributed by atoms with Gasteiger partial charge in [-0.25, -0.2) is 23.5 Å². The van der Waals surface area contributed by atoms with Crippen LogP contribution >= 0.6 is 0 Å². The van der Waals surface area contributed by atoms with Gasteiger partial charge in [0.15, 0.2) is 11.6 Å². The van der Waals surface area contributed by atoms with Crippen molar-refractivity contribution >= 4 is 17.6 Å².